The Morgan fingerprint density at radius 1 is 0.570 bits per heavy atom. The molecule has 630 valence electrons. The summed E-state index contributed by atoms with van der Waals surface area (Å²) in [4.78, 5) is 240. The van der Waals surface area contributed by atoms with Crippen LogP contribution in [0.1, 0.15) is 146 Å². The van der Waals surface area contributed by atoms with Crippen molar-refractivity contribution in [2.45, 2.75) is 228 Å². The number of fused-ring (bicyclic) bond motifs is 1. The minimum Gasteiger partial charge on any atom is -0.481 e. The Morgan fingerprint density at radius 3 is 1.71 bits per heavy atom. The van der Waals surface area contributed by atoms with E-state index in [9.17, 15) is 122 Å². The van der Waals surface area contributed by atoms with Crippen molar-refractivity contribution >= 4 is 111 Å². The van der Waals surface area contributed by atoms with E-state index in [0.29, 0.717) is 29.3 Å². The maximum Gasteiger partial charge on any atom is 0.329 e. The first kappa shape index (κ1) is 95.2. The highest BCUT2D eigenvalue weighted by atomic mass is 16.5. The standard InChI is InChI=1S/C72H106N16O26/c1-5-6-7-8-9-10-14-23-53(92)80-44(26-40-32-75-42-21-16-15-20-41(40)42)66(107)83-45(28-52(74)91)67(108)85-48(31-59(101)102)68(109)88-61-38(4)114-72(113)49(27-51(90)39-18-12-11-13-19-39)86-71(112)60(36(2)25-56(95)96)87-69(110)50(35-89)81-55(94)33-76-63(104)46(29-57(97)98)82-62(103)37(3)78-65(106)47(30-58(99)100)84-64(105)43(22-17-24-73)79-54(93)34-77-70(61)111/h11-13,15-16,18-21,32,36-38,43-50,56-58,60-61,75,89,95-100H,5-10,14,17,22-31,33-35,73H2,1-4H3,(H2,74,91)(H,76,104)(H,77,111)(H,78,106)(H,79,93)(H,80,92)(H,81,94)(H,82,103)(H,83,107)(H,84,105)(H,85,108)(H,86,112)(H,87,110)(H,88,109)(H,101,102). The summed E-state index contributed by atoms with van der Waals surface area (Å²) < 4.78 is 5.71. The van der Waals surface area contributed by atoms with E-state index in [1.807, 2.05) is 0 Å². The van der Waals surface area contributed by atoms with Crippen LogP contribution in [-0.2, 0) is 87.9 Å². The molecule has 3 aromatic rings. The predicted octanol–water partition coefficient (Wildman–Crippen LogP) is -7.53. The highest BCUT2D eigenvalue weighted by molar-refractivity contribution is 6.03. The van der Waals surface area contributed by atoms with E-state index in [4.69, 9.17) is 16.2 Å². The molecule has 1 aromatic heterocycles. The van der Waals surface area contributed by atoms with Crippen molar-refractivity contribution in [2.75, 3.05) is 26.2 Å². The Hall–Kier alpha value is -11.2. The summed E-state index contributed by atoms with van der Waals surface area (Å²) in [6, 6.07) is -8.05. The SMILES string of the molecule is CCCCCCCCCC(=O)NC(Cc1c[nH]c2ccccc12)C(=O)NC(CC(N)=O)C(=O)NC(CC(=O)O)C(=O)NC1C(=O)NCC(=O)NC(CCCN)C(=O)NC(CC(O)O)C(=O)NC(C)C(=O)NC(CC(O)O)C(=O)NCC(=O)NC(CO)C(=O)NC(C(C)CC(O)O)C(=O)NC(CC(=O)c2ccccc2)C(=O)OC1C. The number of para-hydroxylation sites is 1. The van der Waals surface area contributed by atoms with Gasteiger partial charge in [-0.25, -0.2) is 4.79 Å². The maximum absolute atomic E-state index is 14.8. The number of esters is 1. The Bertz CT molecular complexity index is 3810. The molecule has 1 fully saturated rings. The van der Waals surface area contributed by atoms with E-state index in [1.165, 1.54) is 37.3 Å². The number of aliphatic carboxylic acids is 1. The molecule has 1 aliphatic rings. The number of rotatable bonds is 35. The van der Waals surface area contributed by atoms with Crippen molar-refractivity contribution in [1.82, 2.24) is 74.1 Å². The molecule has 14 amide bonds. The molecule has 114 heavy (non-hydrogen) atoms. The number of H-pyrrole nitrogens is 1. The minimum atomic E-state index is -2.40. The number of aliphatic hydroxyl groups excluding tert-OH is 4. The van der Waals surface area contributed by atoms with E-state index in [1.54, 1.807) is 30.5 Å². The van der Waals surface area contributed by atoms with Crippen LogP contribution in [0, 0.1) is 5.92 Å². The Labute approximate surface area is 654 Å². The van der Waals surface area contributed by atoms with Crippen molar-refractivity contribution in [3.63, 3.8) is 0 Å². The number of aromatic nitrogens is 1. The van der Waals surface area contributed by atoms with Crippen molar-refractivity contribution in [3.8, 4) is 0 Å². The summed E-state index contributed by atoms with van der Waals surface area (Å²) >= 11 is 0. The molecule has 2 aromatic carbocycles. The van der Waals surface area contributed by atoms with Gasteiger partial charge in [-0.15, -0.1) is 0 Å². The molecular weight excluding hydrogens is 1500 g/mol. The number of benzene rings is 2. The molecule has 2 heterocycles. The van der Waals surface area contributed by atoms with Gasteiger partial charge in [0.15, 0.2) is 24.7 Å². The number of aliphatic hydroxyl groups is 7. The number of nitrogens with one attached hydrogen (secondary N) is 14. The second-order valence-electron chi connectivity index (χ2n) is 27.4. The average Bonchev–Trinajstić information content (AvgIpc) is 1.51. The zero-order valence-corrected chi connectivity index (χ0v) is 63.4. The van der Waals surface area contributed by atoms with Crippen molar-refractivity contribution in [1.29, 1.82) is 0 Å². The fourth-order valence-electron chi connectivity index (χ4n) is 11.8. The Morgan fingerprint density at radius 2 is 1.11 bits per heavy atom. The zero-order chi connectivity index (χ0) is 84.9. The van der Waals surface area contributed by atoms with Crippen LogP contribution in [0.5, 0.6) is 0 Å². The molecule has 0 aliphatic carbocycles. The van der Waals surface area contributed by atoms with Gasteiger partial charge in [0.25, 0.3) is 0 Å². The van der Waals surface area contributed by atoms with Crippen LogP contribution < -0.4 is 80.6 Å². The number of unbranched alkanes of at least 4 members (excludes halogenated alkanes) is 6. The third-order valence-corrected chi connectivity index (χ3v) is 17.9. The molecule has 4 rings (SSSR count). The molecule has 13 atom stereocenters. The number of carboxylic acids is 1. The lowest BCUT2D eigenvalue weighted by atomic mass is 9.95. The normalized spacial score (nSPS) is 21.6. The summed E-state index contributed by atoms with van der Waals surface area (Å²) in [5.41, 5.74) is 12.4. The third kappa shape index (κ3) is 33.3. The number of ether oxygens (including phenoxy) is 1. The molecule has 0 saturated carbocycles. The summed E-state index contributed by atoms with van der Waals surface area (Å²) in [6.07, 6.45) is -8.23. The highest BCUT2D eigenvalue weighted by Gasteiger charge is 2.41. The number of aromatic amines is 1. The summed E-state index contributed by atoms with van der Waals surface area (Å²) in [5.74, 6) is -23.7. The first-order valence-corrected chi connectivity index (χ1v) is 37.0. The van der Waals surface area contributed by atoms with Crippen molar-refractivity contribution < 1.29 is 127 Å². The molecule has 0 spiro atoms. The maximum atomic E-state index is 14.8. The number of carbonyl (C=O) groups is 17. The van der Waals surface area contributed by atoms with Gasteiger partial charge in [0, 0.05) is 61.2 Å². The predicted molar refractivity (Wildman–Crippen MR) is 398 cm³/mol. The van der Waals surface area contributed by atoms with Crippen LogP contribution in [0.15, 0.2) is 60.8 Å². The van der Waals surface area contributed by atoms with Gasteiger partial charge in [-0.2, -0.15) is 0 Å². The van der Waals surface area contributed by atoms with Crippen molar-refractivity contribution in [2.24, 2.45) is 17.4 Å². The van der Waals surface area contributed by atoms with Gasteiger partial charge in [0.05, 0.1) is 32.5 Å². The van der Waals surface area contributed by atoms with Gasteiger partial charge in [0.2, 0.25) is 82.7 Å². The zero-order valence-electron chi connectivity index (χ0n) is 63.4. The van der Waals surface area contributed by atoms with Gasteiger partial charge < -0.3 is 131 Å². The number of cyclic esters (lactones) is 1. The molecule has 1 saturated heterocycles. The molecule has 42 heteroatoms. The summed E-state index contributed by atoms with van der Waals surface area (Å²) in [6.45, 7) is 1.46. The van der Waals surface area contributed by atoms with Crippen molar-refractivity contribution in [3.05, 3.63) is 71.9 Å². The van der Waals surface area contributed by atoms with Crippen LogP contribution in [0.25, 0.3) is 10.9 Å². The molecule has 0 bridgehead atoms. The average molecular weight is 1610 g/mol. The number of Topliss-reactive ketones (excluding diaryl/α,β-unsaturated/α-hetero) is 1. The molecule has 26 N–H and O–H groups in total. The monoisotopic (exact) mass is 1610 g/mol. The van der Waals surface area contributed by atoms with Gasteiger partial charge in [-0.3, -0.25) is 76.7 Å². The van der Waals surface area contributed by atoms with Crippen LogP contribution in [0.3, 0.4) is 0 Å². The van der Waals surface area contributed by atoms with E-state index in [2.05, 4.69) is 81.0 Å². The topological polar surface area (TPSA) is 685 Å². The number of hydrogen-bond acceptors (Lipinski definition) is 26. The lowest BCUT2D eigenvalue weighted by molar-refractivity contribution is -0.156. The van der Waals surface area contributed by atoms with Gasteiger partial charge in [-0.1, -0.05) is 101 Å². The second-order valence-corrected chi connectivity index (χ2v) is 27.4. The number of ketones is 1. The fraction of sp³-hybridized carbons (Fsp3) is 0.569. The largest absolute Gasteiger partial charge is 0.481 e. The highest BCUT2D eigenvalue weighted by Crippen LogP contribution is 2.21. The molecule has 13 unspecified atom stereocenters. The van der Waals surface area contributed by atoms with Crippen LogP contribution in [0.2, 0.25) is 0 Å². The lowest BCUT2D eigenvalue weighted by Crippen LogP contribution is -2.62. The van der Waals surface area contributed by atoms with Gasteiger partial charge >= 0.3 is 11.9 Å². The number of hydrogen-bond donors (Lipinski definition) is 24. The molecule has 42 nitrogen and oxygen atoms in total. The molecular formula is C72H106N16O26. The number of carboxylic acid groups (broad SMARTS) is 1. The minimum absolute atomic E-state index is 0.00823. The molecule has 0 radical (unpaired) electrons. The fourth-order valence-corrected chi connectivity index (χ4v) is 11.8. The van der Waals surface area contributed by atoms with E-state index >= 15 is 0 Å². The van der Waals surface area contributed by atoms with E-state index < -0.39 is 256 Å². The Kier molecular flexibility index (Phi) is 40.7. The quantitative estimate of drug-likeness (QED) is 0.0113. The van der Waals surface area contributed by atoms with E-state index in [0.717, 1.165) is 46.0 Å². The second kappa shape index (κ2) is 48.7. The number of nitrogens with two attached hydrogens (primary N) is 2. The number of amides is 14. The van der Waals surface area contributed by atoms with Crippen LogP contribution >= 0.6 is 0 Å². The van der Waals surface area contributed by atoms with Gasteiger partial charge in [-0.05, 0) is 57.2 Å². The number of carbonyl (C=O) groups excluding carboxylic acids is 16. The van der Waals surface area contributed by atoms with E-state index in [-0.39, 0.29) is 37.8 Å². The number of primary amides is 1. The van der Waals surface area contributed by atoms with Crippen LogP contribution in [-0.4, -0.2) is 264 Å². The smallest absolute Gasteiger partial charge is 0.329 e. The summed E-state index contributed by atoms with van der Waals surface area (Å²) in [7, 11) is 0. The van der Waals surface area contributed by atoms with Gasteiger partial charge in [0.1, 0.15) is 72.6 Å². The molecule has 1 aliphatic heterocycles. The Balaban J connectivity index is 1.86. The first-order chi connectivity index (χ1) is 53.9. The lowest BCUT2D eigenvalue weighted by Gasteiger charge is -2.30. The first-order valence-electron chi connectivity index (χ1n) is 37.0. The van der Waals surface area contributed by atoms with Crippen LogP contribution in [0.4, 0.5) is 0 Å². The summed E-state index contributed by atoms with van der Waals surface area (Å²) in [5, 5.41) is 110. The third-order valence-electron chi connectivity index (χ3n) is 17.9.